The first-order valence-corrected chi connectivity index (χ1v) is 5.88. The summed E-state index contributed by atoms with van der Waals surface area (Å²) in [5.41, 5.74) is 1.15. The van der Waals surface area contributed by atoms with Crippen molar-refractivity contribution in [2.45, 2.75) is 12.6 Å². The molecule has 1 fully saturated rings. The van der Waals surface area contributed by atoms with Gasteiger partial charge in [0.25, 0.3) is 0 Å². The van der Waals surface area contributed by atoms with E-state index in [0.29, 0.717) is 44.0 Å². The highest BCUT2D eigenvalue weighted by molar-refractivity contribution is 5.37. The van der Waals surface area contributed by atoms with Crippen LogP contribution in [0.3, 0.4) is 0 Å². The van der Waals surface area contributed by atoms with Crippen LogP contribution in [0.5, 0.6) is 0 Å². The number of hydrogen-bond acceptors (Lipinski definition) is 4. The Bertz CT molecular complexity index is 439. The van der Waals surface area contributed by atoms with Gasteiger partial charge in [-0.2, -0.15) is 5.26 Å². The van der Waals surface area contributed by atoms with E-state index in [-0.39, 0.29) is 11.9 Å². The van der Waals surface area contributed by atoms with Gasteiger partial charge in [0.15, 0.2) is 0 Å². The number of hydrogen-bond donors (Lipinski definition) is 1. The van der Waals surface area contributed by atoms with Gasteiger partial charge in [0.1, 0.15) is 5.82 Å². The predicted molar refractivity (Wildman–Crippen MR) is 63.4 cm³/mol. The van der Waals surface area contributed by atoms with Crippen molar-refractivity contribution in [1.82, 2.24) is 5.32 Å². The molecule has 1 heterocycles. The summed E-state index contributed by atoms with van der Waals surface area (Å²) in [6.45, 7) is 2.89. The molecule has 1 aliphatic heterocycles. The standard InChI is InChI=1S/C13H15FN2O2/c14-12-2-1-10(6-15)11(5-12)7-16-8-13-9-17-3-4-18-13/h1-2,5,13,16H,3-4,7-9H2. The van der Waals surface area contributed by atoms with Crippen LogP contribution >= 0.6 is 0 Å². The topological polar surface area (TPSA) is 54.3 Å². The Kier molecular flexibility index (Phi) is 4.65. The van der Waals surface area contributed by atoms with Crippen LogP contribution in [0.1, 0.15) is 11.1 Å². The van der Waals surface area contributed by atoms with E-state index in [2.05, 4.69) is 5.32 Å². The van der Waals surface area contributed by atoms with Crippen molar-refractivity contribution in [2.24, 2.45) is 0 Å². The fourth-order valence-corrected chi connectivity index (χ4v) is 1.84. The van der Waals surface area contributed by atoms with Crippen LogP contribution < -0.4 is 5.32 Å². The quantitative estimate of drug-likeness (QED) is 0.872. The zero-order chi connectivity index (χ0) is 12.8. The van der Waals surface area contributed by atoms with Crippen molar-refractivity contribution in [1.29, 1.82) is 5.26 Å². The molecule has 5 heteroatoms. The molecule has 0 aromatic heterocycles. The second-order valence-corrected chi connectivity index (χ2v) is 4.11. The SMILES string of the molecule is N#Cc1ccc(F)cc1CNCC1COCCO1. The lowest BCUT2D eigenvalue weighted by Crippen LogP contribution is -2.37. The molecule has 2 rings (SSSR count). The molecule has 0 aliphatic carbocycles. The first-order chi connectivity index (χ1) is 8.79. The predicted octanol–water partition coefficient (Wildman–Crippen LogP) is 1.20. The molecule has 0 amide bonds. The van der Waals surface area contributed by atoms with E-state index in [1.165, 1.54) is 18.2 Å². The monoisotopic (exact) mass is 250 g/mol. The number of rotatable bonds is 4. The fourth-order valence-electron chi connectivity index (χ4n) is 1.84. The normalized spacial score (nSPS) is 19.4. The maximum Gasteiger partial charge on any atom is 0.123 e. The van der Waals surface area contributed by atoms with Gasteiger partial charge >= 0.3 is 0 Å². The number of ether oxygens (including phenoxy) is 2. The molecule has 4 nitrogen and oxygen atoms in total. The van der Waals surface area contributed by atoms with Crippen molar-refractivity contribution >= 4 is 0 Å². The van der Waals surface area contributed by atoms with Gasteiger partial charge in [-0.05, 0) is 23.8 Å². The van der Waals surface area contributed by atoms with Gasteiger partial charge in [0.05, 0.1) is 37.6 Å². The summed E-state index contributed by atoms with van der Waals surface area (Å²) >= 11 is 0. The third-order valence-corrected chi connectivity index (χ3v) is 2.76. The molecule has 96 valence electrons. The average Bonchev–Trinajstić information content (AvgIpc) is 2.40. The number of nitrogens with one attached hydrogen (secondary N) is 1. The highest BCUT2D eigenvalue weighted by atomic mass is 19.1. The van der Waals surface area contributed by atoms with Crippen LogP contribution in [-0.2, 0) is 16.0 Å². The molecule has 1 saturated heterocycles. The van der Waals surface area contributed by atoms with Gasteiger partial charge in [-0.1, -0.05) is 0 Å². The minimum absolute atomic E-state index is 0.0258. The third-order valence-electron chi connectivity index (χ3n) is 2.76. The lowest BCUT2D eigenvalue weighted by atomic mass is 10.1. The first-order valence-electron chi connectivity index (χ1n) is 5.88. The molecule has 18 heavy (non-hydrogen) atoms. The Morgan fingerprint density at radius 3 is 3.06 bits per heavy atom. The van der Waals surface area contributed by atoms with E-state index in [1.807, 2.05) is 6.07 Å². The highest BCUT2D eigenvalue weighted by Gasteiger charge is 2.13. The molecular formula is C13H15FN2O2. The molecular weight excluding hydrogens is 235 g/mol. The Morgan fingerprint density at radius 2 is 2.33 bits per heavy atom. The first kappa shape index (κ1) is 13.0. The fraction of sp³-hybridized carbons (Fsp3) is 0.462. The molecule has 0 saturated carbocycles. The largest absolute Gasteiger partial charge is 0.376 e. The van der Waals surface area contributed by atoms with Gasteiger partial charge in [0.2, 0.25) is 0 Å². The Balaban J connectivity index is 1.86. The van der Waals surface area contributed by atoms with Crippen LogP contribution in [0.2, 0.25) is 0 Å². The summed E-state index contributed by atoms with van der Waals surface area (Å²) in [4.78, 5) is 0. The summed E-state index contributed by atoms with van der Waals surface area (Å²) in [7, 11) is 0. The molecule has 1 atom stereocenters. The van der Waals surface area contributed by atoms with E-state index in [9.17, 15) is 4.39 Å². The lowest BCUT2D eigenvalue weighted by Gasteiger charge is -2.23. The molecule has 1 N–H and O–H groups in total. The number of benzene rings is 1. The van der Waals surface area contributed by atoms with Gasteiger partial charge in [-0.3, -0.25) is 0 Å². The molecule has 1 aromatic carbocycles. The molecule has 0 radical (unpaired) electrons. The maximum atomic E-state index is 13.1. The van der Waals surface area contributed by atoms with E-state index >= 15 is 0 Å². The molecule has 0 spiro atoms. The maximum absolute atomic E-state index is 13.1. The second kappa shape index (κ2) is 6.45. The van der Waals surface area contributed by atoms with Crippen molar-refractivity contribution in [2.75, 3.05) is 26.4 Å². The van der Waals surface area contributed by atoms with E-state index in [0.717, 1.165) is 0 Å². The summed E-state index contributed by atoms with van der Waals surface area (Å²) in [6, 6.07) is 6.21. The van der Waals surface area contributed by atoms with Crippen LogP contribution in [0.25, 0.3) is 0 Å². The molecule has 1 aliphatic rings. The minimum Gasteiger partial charge on any atom is -0.376 e. The van der Waals surface area contributed by atoms with Gasteiger partial charge < -0.3 is 14.8 Å². The van der Waals surface area contributed by atoms with Gasteiger partial charge in [-0.25, -0.2) is 4.39 Å². The molecule has 1 unspecified atom stereocenters. The number of nitrogens with zero attached hydrogens (tertiary/aromatic N) is 1. The Labute approximate surface area is 105 Å². The van der Waals surface area contributed by atoms with Crippen molar-refractivity contribution < 1.29 is 13.9 Å². The number of nitriles is 1. The van der Waals surface area contributed by atoms with E-state index in [1.54, 1.807) is 0 Å². The van der Waals surface area contributed by atoms with Crippen molar-refractivity contribution in [3.63, 3.8) is 0 Å². The number of halogens is 1. The Hall–Kier alpha value is -1.48. The molecule has 1 aromatic rings. The molecule has 0 bridgehead atoms. The average molecular weight is 250 g/mol. The summed E-state index contributed by atoms with van der Waals surface area (Å²) < 4.78 is 23.8. The minimum atomic E-state index is -0.331. The van der Waals surface area contributed by atoms with Crippen LogP contribution in [0.15, 0.2) is 18.2 Å². The summed E-state index contributed by atoms with van der Waals surface area (Å²) in [5.74, 6) is -0.331. The van der Waals surface area contributed by atoms with Gasteiger partial charge in [0, 0.05) is 13.1 Å². The van der Waals surface area contributed by atoms with E-state index in [4.69, 9.17) is 14.7 Å². The van der Waals surface area contributed by atoms with Crippen LogP contribution in [0, 0.1) is 17.1 Å². The van der Waals surface area contributed by atoms with Crippen LogP contribution in [-0.4, -0.2) is 32.5 Å². The van der Waals surface area contributed by atoms with Crippen molar-refractivity contribution in [3.8, 4) is 6.07 Å². The zero-order valence-electron chi connectivity index (χ0n) is 9.99. The summed E-state index contributed by atoms with van der Waals surface area (Å²) in [5, 5.41) is 12.1. The summed E-state index contributed by atoms with van der Waals surface area (Å²) in [6.07, 6.45) is 0.0258. The third kappa shape index (κ3) is 3.50. The van der Waals surface area contributed by atoms with E-state index < -0.39 is 0 Å². The highest BCUT2D eigenvalue weighted by Crippen LogP contribution is 2.10. The Morgan fingerprint density at radius 1 is 1.44 bits per heavy atom. The zero-order valence-corrected chi connectivity index (χ0v) is 9.99. The second-order valence-electron chi connectivity index (χ2n) is 4.11. The lowest BCUT2D eigenvalue weighted by molar-refractivity contribution is -0.0864. The van der Waals surface area contributed by atoms with Gasteiger partial charge in [-0.15, -0.1) is 0 Å². The smallest absolute Gasteiger partial charge is 0.123 e. The van der Waals surface area contributed by atoms with Crippen molar-refractivity contribution in [3.05, 3.63) is 35.1 Å². The van der Waals surface area contributed by atoms with Crippen LogP contribution in [0.4, 0.5) is 4.39 Å².